The second-order valence-corrected chi connectivity index (χ2v) is 3.32. The predicted octanol–water partition coefficient (Wildman–Crippen LogP) is 2.27. The smallest absolute Gasteiger partial charge is 0.403 e. The van der Waals surface area contributed by atoms with E-state index in [1.165, 1.54) is 19.2 Å². The van der Waals surface area contributed by atoms with Crippen molar-refractivity contribution in [2.45, 2.75) is 18.6 Å². The van der Waals surface area contributed by atoms with Crippen LogP contribution in [0, 0.1) is 5.82 Å². The van der Waals surface area contributed by atoms with Crippen LogP contribution in [0.5, 0.6) is 5.75 Å². The Hall–Kier alpha value is -1.30. The van der Waals surface area contributed by atoms with E-state index in [9.17, 15) is 17.6 Å². The number of alkyl halides is 3. The summed E-state index contributed by atoms with van der Waals surface area (Å²) in [5, 5.41) is 0. The van der Waals surface area contributed by atoms with E-state index in [2.05, 4.69) is 4.74 Å². The number of ether oxygens (including phenoxy) is 1. The number of methoxy groups -OCH3 is 1. The summed E-state index contributed by atoms with van der Waals surface area (Å²) in [6.07, 6.45) is -4.86. The summed E-state index contributed by atoms with van der Waals surface area (Å²) in [5.74, 6) is -0.710. The molecule has 0 aliphatic rings. The van der Waals surface area contributed by atoms with Gasteiger partial charge in [0.25, 0.3) is 0 Å². The highest BCUT2D eigenvalue weighted by molar-refractivity contribution is 5.30. The molecule has 2 nitrogen and oxygen atoms in total. The first kappa shape index (κ1) is 12.8. The fourth-order valence-electron chi connectivity index (χ4n) is 1.20. The Bertz CT molecular complexity index is 364. The molecular formula is C10H11F4NO. The molecule has 0 spiro atoms. The van der Waals surface area contributed by atoms with Gasteiger partial charge >= 0.3 is 6.18 Å². The average Bonchev–Trinajstić information content (AvgIpc) is 2.19. The molecule has 2 N–H and O–H groups in total. The molecule has 90 valence electrons. The van der Waals surface area contributed by atoms with Crippen molar-refractivity contribution in [2.75, 3.05) is 7.11 Å². The molecule has 1 aromatic rings. The molecule has 0 saturated carbocycles. The summed E-state index contributed by atoms with van der Waals surface area (Å²) >= 11 is 0. The Morgan fingerprint density at radius 2 is 2.00 bits per heavy atom. The molecule has 0 amide bonds. The summed E-state index contributed by atoms with van der Waals surface area (Å²) in [7, 11) is 1.24. The zero-order valence-electron chi connectivity index (χ0n) is 8.51. The normalized spacial score (nSPS) is 13.6. The number of hydrogen-bond donors (Lipinski definition) is 1. The second kappa shape index (κ2) is 4.69. The number of hydrogen-bond acceptors (Lipinski definition) is 2. The molecule has 0 saturated heterocycles. The molecule has 0 aliphatic carbocycles. The van der Waals surface area contributed by atoms with Crippen LogP contribution in [0.4, 0.5) is 17.6 Å². The SMILES string of the molecule is COc1cc(CC(N)C(F)(F)F)ccc1F. The molecule has 0 aromatic heterocycles. The van der Waals surface area contributed by atoms with Gasteiger partial charge in [-0.25, -0.2) is 4.39 Å². The standard InChI is InChI=1S/C10H11F4NO/c1-16-8-4-6(2-3-7(8)11)5-9(15)10(12,13)14/h2-4,9H,5,15H2,1H3. The van der Waals surface area contributed by atoms with Gasteiger partial charge in [0.1, 0.15) is 6.04 Å². The van der Waals surface area contributed by atoms with E-state index in [1.807, 2.05) is 0 Å². The zero-order chi connectivity index (χ0) is 12.3. The molecule has 6 heteroatoms. The molecule has 1 rings (SSSR count). The van der Waals surface area contributed by atoms with Gasteiger partial charge < -0.3 is 10.5 Å². The summed E-state index contributed by atoms with van der Waals surface area (Å²) < 4.78 is 54.1. The highest BCUT2D eigenvalue weighted by Crippen LogP contribution is 2.24. The number of rotatable bonds is 3. The molecule has 1 aromatic carbocycles. The van der Waals surface area contributed by atoms with Crippen LogP contribution in [-0.2, 0) is 6.42 Å². The van der Waals surface area contributed by atoms with E-state index in [4.69, 9.17) is 5.73 Å². The predicted molar refractivity (Wildman–Crippen MR) is 50.7 cm³/mol. The van der Waals surface area contributed by atoms with Crippen molar-refractivity contribution in [1.29, 1.82) is 0 Å². The summed E-state index contributed by atoms with van der Waals surface area (Å²) in [6, 6.07) is 1.56. The second-order valence-electron chi connectivity index (χ2n) is 3.32. The van der Waals surface area contributed by atoms with Crippen LogP contribution in [0.2, 0.25) is 0 Å². The van der Waals surface area contributed by atoms with Crippen molar-refractivity contribution >= 4 is 0 Å². The van der Waals surface area contributed by atoms with Crippen LogP contribution < -0.4 is 10.5 Å². The molecule has 16 heavy (non-hydrogen) atoms. The minimum Gasteiger partial charge on any atom is -0.494 e. The maximum absolute atomic E-state index is 13.0. The third kappa shape index (κ3) is 3.10. The van der Waals surface area contributed by atoms with Crippen LogP contribution in [0.15, 0.2) is 18.2 Å². The van der Waals surface area contributed by atoms with E-state index in [0.717, 1.165) is 6.07 Å². The van der Waals surface area contributed by atoms with Gasteiger partial charge in [0, 0.05) is 0 Å². The molecule has 0 aliphatic heterocycles. The van der Waals surface area contributed by atoms with Crippen molar-refractivity contribution in [3.8, 4) is 5.75 Å². The van der Waals surface area contributed by atoms with Crippen LogP contribution in [0.25, 0.3) is 0 Å². The maximum Gasteiger partial charge on any atom is 0.403 e. The van der Waals surface area contributed by atoms with Gasteiger partial charge in [0.05, 0.1) is 7.11 Å². The van der Waals surface area contributed by atoms with E-state index < -0.39 is 24.5 Å². The van der Waals surface area contributed by atoms with Crippen molar-refractivity contribution in [3.63, 3.8) is 0 Å². The lowest BCUT2D eigenvalue weighted by Crippen LogP contribution is -2.39. The third-order valence-electron chi connectivity index (χ3n) is 2.09. The lowest BCUT2D eigenvalue weighted by atomic mass is 10.1. The van der Waals surface area contributed by atoms with E-state index in [1.54, 1.807) is 0 Å². The fourth-order valence-corrected chi connectivity index (χ4v) is 1.20. The molecule has 0 fully saturated rings. The number of benzene rings is 1. The molecule has 0 heterocycles. The molecule has 0 bridgehead atoms. The Morgan fingerprint density at radius 3 is 2.50 bits per heavy atom. The highest BCUT2D eigenvalue weighted by Gasteiger charge is 2.36. The summed E-state index contributed by atoms with van der Waals surface area (Å²) in [6.45, 7) is 0. The Balaban J connectivity index is 2.82. The maximum atomic E-state index is 13.0. The van der Waals surface area contributed by atoms with Gasteiger partial charge in [-0.15, -0.1) is 0 Å². The molecule has 0 radical (unpaired) electrons. The minimum atomic E-state index is -4.46. The summed E-state index contributed by atoms with van der Waals surface area (Å²) in [5.41, 5.74) is 5.23. The van der Waals surface area contributed by atoms with Gasteiger partial charge in [0.15, 0.2) is 11.6 Å². The van der Waals surface area contributed by atoms with Crippen molar-refractivity contribution in [3.05, 3.63) is 29.6 Å². The average molecular weight is 237 g/mol. The lowest BCUT2D eigenvalue weighted by molar-refractivity contribution is -0.147. The Morgan fingerprint density at radius 1 is 1.38 bits per heavy atom. The van der Waals surface area contributed by atoms with Crippen molar-refractivity contribution in [2.24, 2.45) is 5.73 Å². The third-order valence-corrected chi connectivity index (χ3v) is 2.09. The molecule has 1 atom stereocenters. The van der Waals surface area contributed by atoms with Gasteiger partial charge in [-0.3, -0.25) is 0 Å². The summed E-state index contributed by atoms with van der Waals surface area (Å²) in [4.78, 5) is 0. The first-order valence-electron chi connectivity index (χ1n) is 4.49. The van der Waals surface area contributed by atoms with Gasteiger partial charge in [-0.1, -0.05) is 6.07 Å². The minimum absolute atomic E-state index is 0.0909. The lowest BCUT2D eigenvalue weighted by Gasteiger charge is -2.15. The van der Waals surface area contributed by atoms with Crippen LogP contribution in [0.3, 0.4) is 0 Å². The van der Waals surface area contributed by atoms with Crippen molar-refractivity contribution < 1.29 is 22.3 Å². The van der Waals surface area contributed by atoms with Crippen LogP contribution >= 0.6 is 0 Å². The fraction of sp³-hybridized carbons (Fsp3) is 0.400. The monoisotopic (exact) mass is 237 g/mol. The van der Waals surface area contributed by atoms with Gasteiger partial charge in [-0.05, 0) is 24.1 Å². The van der Waals surface area contributed by atoms with Gasteiger partial charge in [-0.2, -0.15) is 13.2 Å². The topological polar surface area (TPSA) is 35.2 Å². The first-order valence-corrected chi connectivity index (χ1v) is 4.49. The Labute approximate surface area is 90.0 Å². The molecular weight excluding hydrogens is 226 g/mol. The van der Waals surface area contributed by atoms with Crippen molar-refractivity contribution in [1.82, 2.24) is 0 Å². The van der Waals surface area contributed by atoms with E-state index in [0.29, 0.717) is 0 Å². The van der Waals surface area contributed by atoms with Crippen LogP contribution in [0.1, 0.15) is 5.56 Å². The highest BCUT2D eigenvalue weighted by atomic mass is 19.4. The largest absolute Gasteiger partial charge is 0.494 e. The zero-order valence-corrected chi connectivity index (χ0v) is 8.51. The van der Waals surface area contributed by atoms with Gasteiger partial charge in [0.2, 0.25) is 0 Å². The number of nitrogens with two attached hydrogens (primary N) is 1. The molecule has 1 unspecified atom stereocenters. The quantitative estimate of drug-likeness (QED) is 0.818. The first-order chi connectivity index (χ1) is 7.34. The van der Waals surface area contributed by atoms with Crippen LogP contribution in [-0.4, -0.2) is 19.3 Å². The Kier molecular flexibility index (Phi) is 3.74. The van der Waals surface area contributed by atoms with E-state index >= 15 is 0 Å². The number of halogens is 4. The van der Waals surface area contributed by atoms with E-state index in [-0.39, 0.29) is 11.3 Å².